The van der Waals surface area contributed by atoms with Gasteiger partial charge < -0.3 is 5.32 Å². The van der Waals surface area contributed by atoms with Crippen molar-refractivity contribution in [2.75, 3.05) is 0 Å². The van der Waals surface area contributed by atoms with Crippen LogP contribution < -0.4 is 5.32 Å². The standard InChI is InChI=1S/C19H16N4O/c20-12-17-3-1-4-18(11-17)19(24)21-13-15-5-7-16(8-6-15)14-23-10-2-9-22-23/h1-11H,13-14H2,(H,21,24). The summed E-state index contributed by atoms with van der Waals surface area (Å²) in [6.07, 6.45) is 3.68. The molecule has 0 unspecified atom stereocenters. The number of nitrogens with one attached hydrogen (secondary N) is 1. The Labute approximate surface area is 140 Å². The third kappa shape index (κ3) is 3.87. The molecule has 1 N–H and O–H groups in total. The van der Waals surface area contributed by atoms with Crippen LogP contribution in [0.2, 0.25) is 0 Å². The Balaban J connectivity index is 1.58. The van der Waals surface area contributed by atoms with Crippen molar-refractivity contribution >= 4 is 5.91 Å². The second-order valence-electron chi connectivity index (χ2n) is 5.40. The van der Waals surface area contributed by atoms with Crippen LogP contribution in [0.4, 0.5) is 0 Å². The highest BCUT2D eigenvalue weighted by molar-refractivity contribution is 5.94. The molecule has 3 rings (SSSR count). The maximum absolute atomic E-state index is 12.1. The fourth-order valence-electron chi connectivity index (χ4n) is 2.36. The van der Waals surface area contributed by atoms with E-state index in [1.165, 1.54) is 0 Å². The third-order valence-corrected chi connectivity index (χ3v) is 3.63. The van der Waals surface area contributed by atoms with Gasteiger partial charge in [-0.15, -0.1) is 0 Å². The summed E-state index contributed by atoms with van der Waals surface area (Å²) in [5.41, 5.74) is 3.13. The Hall–Kier alpha value is -3.39. The van der Waals surface area contributed by atoms with Gasteiger partial charge in [0, 0.05) is 24.5 Å². The van der Waals surface area contributed by atoms with Crippen molar-refractivity contribution in [2.45, 2.75) is 13.1 Å². The van der Waals surface area contributed by atoms with E-state index in [9.17, 15) is 4.79 Å². The zero-order chi connectivity index (χ0) is 16.8. The first kappa shape index (κ1) is 15.5. The quantitative estimate of drug-likeness (QED) is 0.787. The number of hydrogen-bond acceptors (Lipinski definition) is 3. The lowest BCUT2D eigenvalue weighted by Gasteiger charge is -2.07. The smallest absolute Gasteiger partial charge is 0.251 e. The molecule has 0 saturated heterocycles. The van der Waals surface area contributed by atoms with Crippen LogP contribution in [0.25, 0.3) is 0 Å². The van der Waals surface area contributed by atoms with Crippen molar-refractivity contribution in [2.24, 2.45) is 0 Å². The number of carbonyl (C=O) groups excluding carboxylic acids is 1. The van der Waals surface area contributed by atoms with E-state index in [4.69, 9.17) is 5.26 Å². The summed E-state index contributed by atoms with van der Waals surface area (Å²) >= 11 is 0. The highest BCUT2D eigenvalue weighted by Crippen LogP contribution is 2.08. The lowest BCUT2D eigenvalue weighted by Crippen LogP contribution is -2.22. The molecule has 24 heavy (non-hydrogen) atoms. The number of amides is 1. The monoisotopic (exact) mass is 316 g/mol. The molecule has 0 aliphatic heterocycles. The summed E-state index contributed by atoms with van der Waals surface area (Å²) in [6, 6.07) is 18.6. The summed E-state index contributed by atoms with van der Waals surface area (Å²) in [5.74, 6) is -0.187. The van der Waals surface area contributed by atoms with Crippen LogP contribution in [0.5, 0.6) is 0 Å². The van der Waals surface area contributed by atoms with Gasteiger partial charge in [-0.05, 0) is 35.4 Å². The van der Waals surface area contributed by atoms with E-state index in [1.807, 2.05) is 47.3 Å². The Morgan fingerprint density at radius 2 is 1.92 bits per heavy atom. The van der Waals surface area contributed by atoms with Crippen molar-refractivity contribution in [1.82, 2.24) is 15.1 Å². The van der Waals surface area contributed by atoms with Crippen LogP contribution in [0.15, 0.2) is 67.0 Å². The van der Waals surface area contributed by atoms with Gasteiger partial charge in [0.2, 0.25) is 0 Å². The number of benzene rings is 2. The zero-order valence-electron chi connectivity index (χ0n) is 13.0. The molecule has 0 saturated carbocycles. The number of rotatable bonds is 5. The topological polar surface area (TPSA) is 70.7 Å². The Kier molecular flexibility index (Phi) is 4.68. The molecule has 0 bridgehead atoms. The largest absolute Gasteiger partial charge is 0.348 e. The van der Waals surface area contributed by atoms with Crippen LogP contribution in [-0.2, 0) is 13.1 Å². The van der Waals surface area contributed by atoms with Crippen molar-refractivity contribution in [3.8, 4) is 6.07 Å². The van der Waals surface area contributed by atoms with E-state index < -0.39 is 0 Å². The molecular weight excluding hydrogens is 300 g/mol. The SMILES string of the molecule is N#Cc1cccc(C(=O)NCc2ccc(Cn3cccn3)cc2)c1. The molecular formula is C19H16N4O. The number of carbonyl (C=O) groups is 1. The lowest BCUT2D eigenvalue weighted by molar-refractivity contribution is 0.0951. The van der Waals surface area contributed by atoms with Gasteiger partial charge >= 0.3 is 0 Å². The van der Waals surface area contributed by atoms with Gasteiger partial charge in [-0.25, -0.2) is 0 Å². The maximum atomic E-state index is 12.1. The second-order valence-corrected chi connectivity index (χ2v) is 5.40. The first-order chi connectivity index (χ1) is 11.7. The average Bonchev–Trinajstić information content (AvgIpc) is 3.14. The highest BCUT2D eigenvalue weighted by atomic mass is 16.1. The summed E-state index contributed by atoms with van der Waals surface area (Å²) in [4.78, 5) is 12.1. The van der Waals surface area contributed by atoms with E-state index in [1.54, 1.807) is 30.5 Å². The molecule has 0 atom stereocenters. The molecule has 2 aromatic carbocycles. The molecule has 0 aliphatic carbocycles. The fourth-order valence-corrected chi connectivity index (χ4v) is 2.36. The Morgan fingerprint density at radius 1 is 1.12 bits per heavy atom. The molecule has 0 aliphatic rings. The number of nitrogens with zero attached hydrogens (tertiary/aromatic N) is 3. The Morgan fingerprint density at radius 3 is 2.62 bits per heavy atom. The van der Waals surface area contributed by atoms with Crippen LogP contribution in [0.3, 0.4) is 0 Å². The van der Waals surface area contributed by atoms with Crippen LogP contribution >= 0.6 is 0 Å². The predicted octanol–water partition coefficient (Wildman–Crippen LogP) is 2.73. The lowest BCUT2D eigenvalue weighted by atomic mass is 10.1. The number of aromatic nitrogens is 2. The first-order valence-corrected chi connectivity index (χ1v) is 7.58. The van der Waals surface area contributed by atoms with Gasteiger partial charge in [-0.2, -0.15) is 10.4 Å². The maximum Gasteiger partial charge on any atom is 0.251 e. The zero-order valence-corrected chi connectivity index (χ0v) is 13.0. The summed E-state index contributed by atoms with van der Waals surface area (Å²) in [7, 11) is 0. The second kappa shape index (κ2) is 7.25. The van der Waals surface area contributed by atoms with E-state index in [0.717, 1.165) is 17.7 Å². The number of hydrogen-bond donors (Lipinski definition) is 1. The molecule has 5 heteroatoms. The van der Waals surface area contributed by atoms with Crippen LogP contribution in [0, 0.1) is 11.3 Å². The van der Waals surface area contributed by atoms with E-state index >= 15 is 0 Å². The minimum Gasteiger partial charge on any atom is -0.348 e. The van der Waals surface area contributed by atoms with Crippen LogP contribution in [-0.4, -0.2) is 15.7 Å². The van der Waals surface area contributed by atoms with Gasteiger partial charge in [-0.1, -0.05) is 30.3 Å². The summed E-state index contributed by atoms with van der Waals surface area (Å²) < 4.78 is 1.86. The predicted molar refractivity (Wildman–Crippen MR) is 90.1 cm³/mol. The van der Waals surface area contributed by atoms with E-state index in [2.05, 4.69) is 10.4 Å². The van der Waals surface area contributed by atoms with Gasteiger partial charge in [0.1, 0.15) is 0 Å². The minimum absolute atomic E-state index is 0.187. The van der Waals surface area contributed by atoms with Crippen molar-refractivity contribution in [3.63, 3.8) is 0 Å². The Bertz CT molecular complexity index is 861. The molecule has 0 spiro atoms. The molecule has 1 heterocycles. The van der Waals surface area contributed by atoms with Crippen molar-refractivity contribution < 1.29 is 4.79 Å². The number of nitriles is 1. The fraction of sp³-hybridized carbons (Fsp3) is 0.105. The van der Waals surface area contributed by atoms with Gasteiger partial charge in [-0.3, -0.25) is 9.48 Å². The van der Waals surface area contributed by atoms with Gasteiger partial charge in [0.25, 0.3) is 5.91 Å². The van der Waals surface area contributed by atoms with E-state index in [0.29, 0.717) is 17.7 Å². The van der Waals surface area contributed by atoms with Crippen LogP contribution in [0.1, 0.15) is 27.0 Å². The normalized spacial score (nSPS) is 10.1. The molecule has 0 radical (unpaired) electrons. The minimum atomic E-state index is -0.187. The van der Waals surface area contributed by atoms with E-state index in [-0.39, 0.29) is 5.91 Å². The summed E-state index contributed by atoms with van der Waals surface area (Å²) in [5, 5.41) is 15.9. The highest BCUT2D eigenvalue weighted by Gasteiger charge is 2.06. The molecule has 118 valence electrons. The third-order valence-electron chi connectivity index (χ3n) is 3.63. The molecule has 3 aromatic rings. The molecule has 1 amide bonds. The first-order valence-electron chi connectivity index (χ1n) is 7.58. The summed E-state index contributed by atoms with van der Waals surface area (Å²) in [6.45, 7) is 1.16. The van der Waals surface area contributed by atoms with Gasteiger partial charge in [0.15, 0.2) is 0 Å². The molecule has 5 nitrogen and oxygen atoms in total. The van der Waals surface area contributed by atoms with Crippen molar-refractivity contribution in [1.29, 1.82) is 5.26 Å². The molecule has 1 aromatic heterocycles. The van der Waals surface area contributed by atoms with Crippen molar-refractivity contribution in [3.05, 3.63) is 89.2 Å². The average molecular weight is 316 g/mol. The van der Waals surface area contributed by atoms with Gasteiger partial charge in [0.05, 0.1) is 18.2 Å². The molecule has 0 fully saturated rings.